The number of Topliss-reactive ketones (excluding diaryl/α,β-unsaturated/α-hetero) is 1. The molecule has 3 nitrogen and oxygen atoms in total. The molecular formula is C16H14N2OS. The largest absolute Gasteiger partial charge is 0.292 e. The van der Waals surface area contributed by atoms with E-state index >= 15 is 0 Å². The van der Waals surface area contributed by atoms with E-state index in [9.17, 15) is 4.79 Å². The minimum Gasteiger partial charge on any atom is -0.292 e. The maximum Gasteiger partial charge on any atom is 0.184 e. The van der Waals surface area contributed by atoms with Crippen LogP contribution in [0.25, 0.3) is 10.9 Å². The van der Waals surface area contributed by atoms with Crippen LogP contribution in [0.15, 0.2) is 59.6 Å². The van der Waals surface area contributed by atoms with E-state index in [0.29, 0.717) is 0 Å². The predicted octanol–water partition coefficient (Wildman–Crippen LogP) is 3.64. The van der Waals surface area contributed by atoms with Gasteiger partial charge in [0.25, 0.3) is 0 Å². The Morgan fingerprint density at radius 1 is 1.15 bits per heavy atom. The molecular weight excluding hydrogens is 268 g/mol. The molecule has 1 aromatic heterocycles. The quantitative estimate of drug-likeness (QED) is 0.541. The van der Waals surface area contributed by atoms with Crippen LogP contribution in [0.2, 0.25) is 0 Å². The Morgan fingerprint density at radius 3 is 2.65 bits per heavy atom. The topological polar surface area (TPSA) is 34.9 Å². The molecule has 0 bridgehead atoms. The van der Waals surface area contributed by atoms with E-state index in [4.69, 9.17) is 0 Å². The molecule has 100 valence electrons. The summed E-state index contributed by atoms with van der Waals surface area (Å²) >= 11 is 1.67. The second-order valence-electron chi connectivity index (χ2n) is 4.51. The van der Waals surface area contributed by atoms with E-state index in [1.165, 1.54) is 0 Å². The van der Waals surface area contributed by atoms with Crippen LogP contribution in [0.4, 0.5) is 0 Å². The molecule has 20 heavy (non-hydrogen) atoms. The summed E-state index contributed by atoms with van der Waals surface area (Å²) in [5, 5.41) is 5.34. The Kier molecular flexibility index (Phi) is 3.56. The summed E-state index contributed by atoms with van der Waals surface area (Å²) < 4.78 is 1.75. The number of carbonyl (C=O) groups excluding carboxylic acids is 1. The van der Waals surface area contributed by atoms with Gasteiger partial charge in [-0.2, -0.15) is 5.10 Å². The van der Waals surface area contributed by atoms with Crippen molar-refractivity contribution in [3.8, 4) is 0 Å². The molecule has 0 saturated heterocycles. The first kappa shape index (κ1) is 12.9. The van der Waals surface area contributed by atoms with Gasteiger partial charge in [-0.3, -0.25) is 9.48 Å². The molecule has 0 radical (unpaired) electrons. The predicted molar refractivity (Wildman–Crippen MR) is 82.3 cm³/mol. The molecule has 2 aromatic carbocycles. The first-order valence-corrected chi connectivity index (χ1v) is 7.58. The smallest absolute Gasteiger partial charge is 0.184 e. The van der Waals surface area contributed by atoms with Crippen LogP contribution in [-0.4, -0.2) is 21.8 Å². The molecule has 0 saturated carbocycles. The van der Waals surface area contributed by atoms with Gasteiger partial charge in [0.05, 0.1) is 11.7 Å². The second kappa shape index (κ2) is 5.51. The number of rotatable bonds is 4. The lowest BCUT2D eigenvalue weighted by atomic mass is 10.1. The molecule has 0 amide bonds. The number of para-hydroxylation sites is 1. The number of hydrogen-bond acceptors (Lipinski definition) is 3. The zero-order valence-electron chi connectivity index (χ0n) is 11.1. The summed E-state index contributed by atoms with van der Waals surface area (Å²) in [6.07, 6.45) is 3.81. The van der Waals surface area contributed by atoms with Crippen molar-refractivity contribution in [3.05, 3.63) is 60.3 Å². The molecule has 0 N–H and O–H groups in total. The van der Waals surface area contributed by atoms with E-state index in [2.05, 4.69) is 5.10 Å². The van der Waals surface area contributed by atoms with Gasteiger partial charge in [-0.15, -0.1) is 11.8 Å². The van der Waals surface area contributed by atoms with Crippen molar-refractivity contribution in [1.29, 1.82) is 0 Å². The normalized spacial score (nSPS) is 10.8. The lowest BCUT2D eigenvalue weighted by Gasteiger charge is -2.04. The fourth-order valence-electron chi connectivity index (χ4n) is 2.16. The third-order valence-corrected chi connectivity index (χ3v) is 4.00. The molecule has 1 heterocycles. The number of benzene rings is 2. The molecule has 0 aliphatic carbocycles. The zero-order chi connectivity index (χ0) is 13.9. The number of fused-ring (bicyclic) bond motifs is 1. The van der Waals surface area contributed by atoms with Crippen molar-refractivity contribution in [1.82, 2.24) is 9.78 Å². The standard InChI is InChI=1S/C16H14N2OS/c1-20-14-8-6-12(7-9-14)16(19)11-18-15-5-3-2-4-13(15)10-17-18/h2-10H,11H2,1H3. The first-order valence-electron chi connectivity index (χ1n) is 6.36. The van der Waals surface area contributed by atoms with Gasteiger partial charge in [0.15, 0.2) is 5.78 Å². The van der Waals surface area contributed by atoms with Crippen LogP contribution in [0.1, 0.15) is 10.4 Å². The van der Waals surface area contributed by atoms with Crippen molar-refractivity contribution in [2.45, 2.75) is 11.4 Å². The van der Waals surface area contributed by atoms with Gasteiger partial charge in [-0.1, -0.05) is 30.3 Å². The van der Waals surface area contributed by atoms with E-state index in [1.807, 2.05) is 54.8 Å². The van der Waals surface area contributed by atoms with Crippen LogP contribution in [0.3, 0.4) is 0 Å². The van der Waals surface area contributed by atoms with Crippen LogP contribution in [0.5, 0.6) is 0 Å². The summed E-state index contributed by atoms with van der Waals surface area (Å²) in [6.45, 7) is 0.270. The van der Waals surface area contributed by atoms with Crippen LogP contribution < -0.4 is 0 Å². The summed E-state index contributed by atoms with van der Waals surface area (Å²) in [5.41, 5.74) is 1.71. The van der Waals surface area contributed by atoms with Crippen LogP contribution in [0, 0.1) is 0 Å². The SMILES string of the molecule is CSc1ccc(C(=O)Cn2ncc3ccccc32)cc1. The Bertz CT molecular complexity index is 747. The average molecular weight is 282 g/mol. The Hall–Kier alpha value is -2.07. The molecule has 3 aromatic rings. The molecule has 0 atom stereocenters. The molecule has 3 rings (SSSR count). The number of aromatic nitrogens is 2. The Labute approximate surface area is 121 Å². The van der Waals surface area contributed by atoms with E-state index in [0.717, 1.165) is 21.4 Å². The molecule has 0 spiro atoms. The summed E-state index contributed by atoms with van der Waals surface area (Å²) in [7, 11) is 0. The van der Waals surface area contributed by atoms with Gasteiger partial charge in [0.2, 0.25) is 0 Å². The van der Waals surface area contributed by atoms with Gasteiger partial charge >= 0.3 is 0 Å². The number of ketones is 1. The molecule has 4 heteroatoms. The van der Waals surface area contributed by atoms with Crippen molar-refractivity contribution in [2.24, 2.45) is 0 Å². The fourth-order valence-corrected chi connectivity index (χ4v) is 2.56. The van der Waals surface area contributed by atoms with E-state index in [-0.39, 0.29) is 12.3 Å². The highest BCUT2D eigenvalue weighted by Crippen LogP contribution is 2.17. The van der Waals surface area contributed by atoms with Crippen molar-refractivity contribution < 1.29 is 4.79 Å². The third kappa shape index (κ3) is 2.47. The second-order valence-corrected chi connectivity index (χ2v) is 5.39. The van der Waals surface area contributed by atoms with Gasteiger partial charge in [0.1, 0.15) is 6.54 Å². The Morgan fingerprint density at radius 2 is 1.90 bits per heavy atom. The molecule has 0 aliphatic heterocycles. The van der Waals surface area contributed by atoms with Gasteiger partial charge in [0, 0.05) is 15.8 Å². The summed E-state index contributed by atoms with van der Waals surface area (Å²) in [4.78, 5) is 13.4. The monoisotopic (exact) mass is 282 g/mol. The van der Waals surface area contributed by atoms with Gasteiger partial charge in [-0.25, -0.2) is 0 Å². The van der Waals surface area contributed by atoms with Crippen LogP contribution in [-0.2, 0) is 6.54 Å². The van der Waals surface area contributed by atoms with Gasteiger partial charge < -0.3 is 0 Å². The van der Waals surface area contributed by atoms with Crippen LogP contribution >= 0.6 is 11.8 Å². The highest BCUT2D eigenvalue weighted by Gasteiger charge is 2.09. The Balaban J connectivity index is 1.84. The van der Waals surface area contributed by atoms with E-state index in [1.54, 1.807) is 22.6 Å². The zero-order valence-corrected chi connectivity index (χ0v) is 11.9. The van der Waals surface area contributed by atoms with Gasteiger partial charge in [-0.05, 0) is 24.5 Å². The van der Waals surface area contributed by atoms with Crippen molar-refractivity contribution >= 4 is 28.4 Å². The maximum absolute atomic E-state index is 12.3. The highest BCUT2D eigenvalue weighted by atomic mass is 32.2. The van der Waals surface area contributed by atoms with Crippen molar-refractivity contribution in [3.63, 3.8) is 0 Å². The fraction of sp³-hybridized carbons (Fsp3) is 0.125. The number of carbonyl (C=O) groups is 1. The minimum atomic E-state index is 0.0755. The third-order valence-electron chi connectivity index (χ3n) is 3.26. The average Bonchev–Trinajstić information content (AvgIpc) is 2.91. The van der Waals surface area contributed by atoms with Crippen molar-refractivity contribution in [2.75, 3.05) is 6.26 Å². The molecule has 0 fully saturated rings. The lowest BCUT2D eigenvalue weighted by molar-refractivity contribution is 0.0969. The lowest BCUT2D eigenvalue weighted by Crippen LogP contribution is -2.11. The maximum atomic E-state index is 12.3. The molecule has 0 unspecified atom stereocenters. The number of hydrogen-bond donors (Lipinski definition) is 0. The highest BCUT2D eigenvalue weighted by molar-refractivity contribution is 7.98. The molecule has 0 aliphatic rings. The summed E-state index contributed by atoms with van der Waals surface area (Å²) in [5.74, 6) is 0.0755. The van der Waals surface area contributed by atoms with E-state index < -0.39 is 0 Å². The summed E-state index contributed by atoms with van der Waals surface area (Å²) in [6, 6.07) is 15.6. The number of thioether (sulfide) groups is 1. The first-order chi connectivity index (χ1) is 9.78. The minimum absolute atomic E-state index is 0.0755. The number of nitrogens with zero attached hydrogens (tertiary/aromatic N) is 2.